The lowest BCUT2D eigenvalue weighted by Crippen LogP contribution is -2.19. The van der Waals surface area contributed by atoms with E-state index < -0.39 is 12.1 Å². The Morgan fingerprint density at radius 1 is 1.40 bits per heavy atom. The summed E-state index contributed by atoms with van der Waals surface area (Å²) in [6, 6.07) is 8.66. The van der Waals surface area contributed by atoms with Crippen LogP contribution in [0.3, 0.4) is 0 Å². The van der Waals surface area contributed by atoms with Crippen LogP contribution in [0.15, 0.2) is 30.3 Å². The lowest BCUT2D eigenvalue weighted by Gasteiger charge is -2.10. The van der Waals surface area contributed by atoms with E-state index in [1.165, 1.54) is 0 Å². The zero-order valence-electron chi connectivity index (χ0n) is 8.68. The normalized spacial score (nSPS) is 11.8. The molecular formula is C12H14O3. The molecule has 15 heavy (non-hydrogen) atoms. The van der Waals surface area contributed by atoms with Gasteiger partial charge in [0.05, 0.1) is 5.56 Å². The Balaban J connectivity index is 2.58. The van der Waals surface area contributed by atoms with Gasteiger partial charge in [0.2, 0.25) is 0 Å². The fourth-order valence-corrected chi connectivity index (χ4v) is 1.22. The third kappa shape index (κ3) is 3.54. The third-order valence-corrected chi connectivity index (χ3v) is 1.99. The van der Waals surface area contributed by atoms with Gasteiger partial charge in [-0.05, 0) is 18.6 Å². The van der Waals surface area contributed by atoms with E-state index in [-0.39, 0.29) is 0 Å². The fraction of sp³-hybridized carbons (Fsp3) is 0.333. The maximum absolute atomic E-state index is 11.5. The summed E-state index contributed by atoms with van der Waals surface area (Å²) in [5.41, 5.74) is 0.473. The molecule has 0 unspecified atom stereocenters. The number of ether oxygens (including phenoxy) is 1. The first-order chi connectivity index (χ1) is 7.27. The standard InChI is InChI=1S/C12H14O3/c1-2-6-11(9-13)15-12(14)10-7-4-3-5-8-10/h3-5,7-9,11H,2,6H2,1H3/t11-/m0/s1. The van der Waals surface area contributed by atoms with Crippen molar-refractivity contribution < 1.29 is 14.3 Å². The Labute approximate surface area is 89.1 Å². The first-order valence-corrected chi connectivity index (χ1v) is 4.99. The van der Waals surface area contributed by atoms with Gasteiger partial charge < -0.3 is 4.74 Å². The van der Waals surface area contributed by atoms with E-state index in [9.17, 15) is 9.59 Å². The van der Waals surface area contributed by atoms with Gasteiger partial charge >= 0.3 is 5.97 Å². The summed E-state index contributed by atoms with van der Waals surface area (Å²) in [7, 11) is 0. The third-order valence-electron chi connectivity index (χ3n) is 1.99. The first-order valence-electron chi connectivity index (χ1n) is 4.99. The molecule has 1 aromatic rings. The number of hydrogen-bond donors (Lipinski definition) is 0. The van der Waals surface area contributed by atoms with Crippen LogP contribution in [0.2, 0.25) is 0 Å². The molecule has 0 spiro atoms. The smallest absolute Gasteiger partial charge is 0.338 e. The molecule has 1 aromatic carbocycles. The topological polar surface area (TPSA) is 43.4 Å². The van der Waals surface area contributed by atoms with Gasteiger partial charge in [0, 0.05) is 0 Å². The number of carbonyl (C=O) groups is 2. The van der Waals surface area contributed by atoms with E-state index in [1.807, 2.05) is 13.0 Å². The molecular weight excluding hydrogens is 192 g/mol. The molecule has 0 aliphatic heterocycles. The van der Waals surface area contributed by atoms with Gasteiger partial charge in [-0.15, -0.1) is 0 Å². The number of rotatable bonds is 5. The molecule has 0 amide bonds. The van der Waals surface area contributed by atoms with Crippen molar-refractivity contribution >= 4 is 12.3 Å². The maximum atomic E-state index is 11.5. The molecule has 1 atom stereocenters. The molecule has 0 fully saturated rings. The molecule has 0 aliphatic rings. The van der Waals surface area contributed by atoms with Gasteiger partial charge in [0.25, 0.3) is 0 Å². The van der Waals surface area contributed by atoms with Gasteiger partial charge in [-0.1, -0.05) is 31.5 Å². The van der Waals surface area contributed by atoms with Crippen molar-refractivity contribution in [2.24, 2.45) is 0 Å². The quantitative estimate of drug-likeness (QED) is 0.548. The average Bonchev–Trinajstić information content (AvgIpc) is 2.29. The molecule has 0 saturated heterocycles. The van der Waals surface area contributed by atoms with Crippen LogP contribution in [0.4, 0.5) is 0 Å². The lowest BCUT2D eigenvalue weighted by atomic mass is 10.2. The van der Waals surface area contributed by atoms with E-state index in [1.54, 1.807) is 24.3 Å². The minimum Gasteiger partial charge on any atom is -0.451 e. The van der Waals surface area contributed by atoms with Crippen molar-refractivity contribution in [3.63, 3.8) is 0 Å². The van der Waals surface area contributed by atoms with Crippen LogP contribution in [0, 0.1) is 0 Å². The van der Waals surface area contributed by atoms with Crippen LogP contribution in [-0.2, 0) is 9.53 Å². The number of benzene rings is 1. The summed E-state index contributed by atoms with van der Waals surface area (Å²) >= 11 is 0. The van der Waals surface area contributed by atoms with Crippen molar-refractivity contribution in [2.75, 3.05) is 0 Å². The predicted molar refractivity (Wildman–Crippen MR) is 56.6 cm³/mol. The molecule has 3 heteroatoms. The molecule has 0 aromatic heterocycles. The van der Waals surface area contributed by atoms with Crippen LogP contribution >= 0.6 is 0 Å². The van der Waals surface area contributed by atoms with Crippen LogP contribution in [0.5, 0.6) is 0 Å². The number of carbonyl (C=O) groups excluding carboxylic acids is 2. The summed E-state index contributed by atoms with van der Waals surface area (Å²) in [6.07, 6.45) is 1.43. The van der Waals surface area contributed by atoms with Gasteiger partial charge in [-0.3, -0.25) is 4.79 Å². The summed E-state index contributed by atoms with van der Waals surface area (Å²) in [6.45, 7) is 1.94. The molecule has 1 rings (SSSR count). The lowest BCUT2D eigenvalue weighted by molar-refractivity contribution is -0.115. The molecule has 0 radical (unpaired) electrons. The molecule has 0 heterocycles. The highest BCUT2D eigenvalue weighted by molar-refractivity contribution is 5.90. The largest absolute Gasteiger partial charge is 0.451 e. The molecule has 3 nitrogen and oxygen atoms in total. The van der Waals surface area contributed by atoms with Crippen LogP contribution in [0.25, 0.3) is 0 Å². The van der Waals surface area contributed by atoms with Crippen LogP contribution < -0.4 is 0 Å². The minimum absolute atomic E-state index is 0.443. The second-order valence-corrected chi connectivity index (χ2v) is 3.23. The van der Waals surface area contributed by atoms with Gasteiger partial charge in [0.1, 0.15) is 0 Å². The molecule has 0 N–H and O–H groups in total. The highest BCUT2D eigenvalue weighted by atomic mass is 16.5. The molecule has 0 aliphatic carbocycles. The van der Waals surface area contributed by atoms with E-state index in [2.05, 4.69) is 0 Å². The van der Waals surface area contributed by atoms with Crippen LogP contribution in [-0.4, -0.2) is 18.4 Å². The zero-order valence-corrected chi connectivity index (χ0v) is 8.68. The second kappa shape index (κ2) is 5.96. The first kappa shape index (κ1) is 11.4. The van der Waals surface area contributed by atoms with Crippen molar-refractivity contribution in [2.45, 2.75) is 25.9 Å². The summed E-state index contributed by atoms with van der Waals surface area (Å²) in [5.74, 6) is -0.443. The monoisotopic (exact) mass is 206 g/mol. The number of esters is 1. The highest BCUT2D eigenvalue weighted by Crippen LogP contribution is 2.06. The Morgan fingerprint density at radius 3 is 2.60 bits per heavy atom. The molecule has 0 bridgehead atoms. The maximum Gasteiger partial charge on any atom is 0.338 e. The fourth-order valence-electron chi connectivity index (χ4n) is 1.22. The zero-order chi connectivity index (χ0) is 11.1. The minimum atomic E-state index is -0.622. The van der Waals surface area contributed by atoms with Gasteiger partial charge in [-0.2, -0.15) is 0 Å². The van der Waals surface area contributed by atoms with Gasteiger partial charge in [-0.25, -0.2) is 4.79 Å². The van der Waals surface area contributed by atoms with E-state index in [0.717, 1.165) is 6.42 Å². The number of aldehydes is 1. The summed E-state index contributed by atoms with van der Waals surface area (Å²) in [4.78, 5) is 22.1. The Bertz CT molecular complexity index is 319. The van der Waals surface area contributed by atoms with Crippen LogP contribution in [0.1, 0.15) is 30.1 Å². The predicted octanol–water partition coefficient (Wildman–Crippen LogP) is 2.21. The van der Waals surface area contributed by atoms with Crippen molar-refractivity contribution in [3.8, 4) is 0 Å². The Morgan fingerprint density at radius 2 is 2.07 bits per heavy atom. The van der Waals surface area contributed by atoms with Crippen molar-refractivity contribution in [3.05, 3.63) is 35.9 Å². The van der Waals surface area contributed by atoms with Gasteiger partial charge in [0.15, 0.2) is 12.4 Å². The van der Waals surface area contributed by atoms with Crippen molar-refractivity contribution in [1.29, 1.82) is 0 Å². The van der Waals surface area contributed by atoms with E-state index >= 15 is 0 Å². The number of hydrogen-bond acceptors (Lipinski definition) is 3. The van der Waals surface area contributed by atoms with E-state index in [4.69, 9.17) is 4.74 Å². The highest BCUT2D eigenvalue weighted by Gasteiger charge is 2.13. The van der Waals surface area contributed by atoms with E-state index in [0.29, 0.717) is 18.3 Å². The SMILES string of the molecule is CCC[C@@H](C=O)OC(=O)c1ccccc1. The average molecular weight is 206 g/mol. The summed E-state index contributed by atoms with van der Waals surface area (Å²) < 4.78 is 5.02. The Kier molecular flexibility index (Phi) is 4.54. The Hall–Kier alpha value is -1.64. The van der Waals surface area contributed by atoms with Crippen molar-refractivity contribution in [1.82, 2.24) is 0 Å². The molecule has 80 valence electrons. The second-order valence-electron chi connectivity index (χ2n) is 3.23. The summed E-state index contributed by atoms with van der Waals surface area (Å²) in [5, 5.41) is 0. The molecule has 0 saturated carbocycles.